The van der Waals surface area contributed by atoms with E-state index in [9.17, 15) is 9.59 Å². The van der Waals surface area contributed by atoms with Gasteiger partial charge < -0.3 is 4.74 Å². The van der Waals surface area contributed by atoms with Crippen molar-refractivity contribution in [2.75, 3.05) is 6.61 Å². The van der Waals surface area contributed by atoms with E-state index in [2.05, 4.69) is 5.43 Å². The lowest BCUT2D eigenvalue weighted by atomic mass is 10.2. The Balaban J connectivity index is 1.70. The average Bonchev–Trinajstić information content (AvgIpc) is 2.95. The predicted octanol–water partition coefficient (Wildman–Crippen LogP) is 3.79. The van der Waals surface area contributed by atoms with Crippen molar-refractivity contribution in [3.63, 3.8) is 0 Å². The van der Waals surface area contributed by atoms with Crippen LogP contribution in [0.3, 0.4) is 0 Å². The van der Waals surface area contributed by atoms with Crippen molar-refractivity contribution in [1.29, 1.82) is 5.26 Å². The molecule has 0 bridgehead atoms. The molecule has 9 heteroatoms. The molecule has 1 heterocycles. The molecular weight excluding hydrogens is 418 g/mol. The molecule has 1 aliphatic rings. The van der Waals surface area contributed by atoms with Gasteiger partial charge in [-0.1, -0.05) is 35.5 Å². The number of thiocarbonyl (C=S) groups is 1. The van der Waals surface area contributed by atoms with E-state index in [4.69, 9.17) is 33.8 Å². The maximum Gasteiger partial charge on any atom is 0.285 e. The van der Waals surface area contributed by atoms with Gasteiger partial charge in [-0.05, 0) is 60.3 Å². The number of halogens is 1. The number of carbonyl (C=O) groups excluding carboxylic acids is 2. The summed E-state index contributed by atoms with van der Waals surface area (Å²) in [5.41, 5.74) is 3.63. The highest BCUT2D eigenvalue weighted by molar-refractivity contribution is 8.26. The fraction of sp³-hybridized carbons (Fsp3) is 0.0526. The van der Waals surface area contributed by atoms with Crippen molar-refractivity contribution in [1.82, 2.24) is 10.4 Å². The minimum atomic E-state index is -0.465. The fourth-order valence-corrected chi connectivity index (χ4v) is 3.56. The van der Waals surface area contributed by atoms with Crippen molar-refractivity contribution in [2.24, 2.45) is 0 Å². The van der Waals surface area contributed by atoms with Crippen LogP contribution in [0.4, 0.5) is 0 Å². The molecule has 2 amide bonds. The molecule has 28 heavy (non-hydrogen) atoms. The summed E-state index contributed by atoms with van der Waals surface area (Å²) in [6.07, 6.45) is 1.67. The van der Waals surface area contributed by atoms with Gasteiger partial charge in [-0.15, -0.1) is 0 Å². The van der Waals surface area contributed by atoms with Gasteiger partial charge in [0.25, 0.3) is 11.8 Å². The quantitative estimate of drug-likeness (QED) is 0.575. The zero-order valence-electron chi connectivity index (χ0n) is 14.2. The number of amides is 2. The summed E-state index contributed by atoms with van der Waals surface area (Å²) in [7, 11) is 0. The predicted molar refractivity (Wildman–Crippen MR) is 111 cm³/mol. The van der Waals surface area contributed by atoms with Crippen molar-refractivity contribution >= 4 is 57.8 Å². The topological polar surface area (TPSA) is 82.4 Å². The van der Waals surface area contributed by atoms with Gasteiger partial charge in [-0.25, -0.2) is 0 Å². The number of nitriles is 1. The maximum atomic E-state index is 12.6. The van der Waals surface area contributed by atoms with Crippen LogP contribution in [0.2, 0.25) is 5.02 Å². The van der Waals surface area contributed by atoms with Gasteiger partial charge in [0.05, 0.1) is 4.91 Å². The van der Waals surface area contributed by atoms with Crippen LogP contribution in [0, 0.1) is 11.3 Å². The van der Waals surface area contributed by atoms with Gasteiger partial charge >= 0.3 is 0 Å². The van der Waals surface area contributed by atoms with E-state index >= 15 is 0 Å². The zero-order valence-corrected chi connectivity index (χ0v) is 16.6. The number of benzene rings is 2. The van der Waals surface area contributed by atoms with Crippen LogP contribution in [0.15, 0.2) is 53.4 Å². The summed E-state index contributed by atoms with van der Waals surface area (Å²) in [6, 6.07) is 15.1. The Labute approximate surface area is 175 Å². The van der Waals surface area contributed by atoms with Gasteiger partial charge in [0.1, 0.15) is 11.8 Å². The highest BCUT2D eigenvalue weighted by Gasteiger charge is 2.33. The molecule has 1 aliphatic heterocycles. The first kappa shape index (κ1) is 19.9. The number of thioether (sulfide) groups is 1. The van der Waals surface area contributed by atoms with Crippen LogP contribution in [0.25, 0.3) is 6.08 Å². The van der Waals surface area contributed by atoms with Gasteiger partial charge in [-0.3, -0.25) is 15.0 Å². The lowest BCUT2D eigenvalue weighted by Crippen LogP contribution is -2.44. The van der Waals surface area contributed by atoms with Gasteiger partial charge in [0.2, 0.25) is 0 Å². The van der Waals surface area contributed by atoms with Crippen molar-refractivity contribution in [3.05, 3.63) is 69.6 Å². The van der Waals surface area contributed by atoms with E-state index in [1.165, 1.54) is 0 Å². The minimum absolute atomic E-state index is 0.0364. The van der Waals surface area contributed by atoms with Crippen molar-refractivity contribution in [2.45, 2.75) is 0 Å². The van der Waals surface area contributed by atoms with E-state index in [1.807, 2.05) is 6.07 Å². The molecule has 0 radical (unpaired) electrons. The average molecular weight is 430 g/mol. The Morgan fingerprint density at radius 2 is 1.93 bits per heavy atom. The van der Waals surface area contributed by atoms with E-state index in [-0.39, 0.29) is 10.9 Å². The van der Waals surface area contributed by atoms with Gasteiger partial charge in [0, 0.05) is 10.6 Å². The number of ether oxygens (including phenoxy) is 1. The highest BCUT2D eigenvalue weighted by Crippen LogP contribution is 2.31. The molecule has 0 aromatic heterocycles. The van der Waals surface area contributed by atoms with Crippen molar-refractivity contribution < 1.29 is 14.3 Å². The first-order valence-corrected chi connectivity index (χ1v) is 9.52. The molecular formula is C19H12ClN3O3S2. The lowest BCUT2D eigenvalue weighted by molar-refractivity contribution is -0.123. The Bertz CT molecular complexity index is 999. The summed E-state index contributed by atoms with van der Waals surface area (Å²) in [4.78, 5) is 25.3. The third-order valence-electron chi connectivity index (χ3n) is 3.59. The summed E-state index contributed by atoms with van der Waals surface area (Å²) in [5.74, 6) is -0.322. The van der Waals surface area contributed by atoms with Crippen LogP contribution in [-0.4, -0.2) is 27.8 Å². The monoisotopic (exact) mass is 429 g/mol. The Kier molecular flexibility index (Phi) is 6.31. The molecule has 1 N–H and O–H groups in total. The fourth-order valence-electron chi connectivity index (χ4n) is 2.26. The standard InChI is InChI=1S/C19H12ClN3O3S2/c20-14-5-3-13(4-6-14)17(24)22-23-18(25)16(28-19(23)27)11-12-1-7-15(8-2-12)26-10-9-21/h1-8,11H,10H2,(H,22,24)/b16-11-. The minimum Gasteiger partial charge on any atom is -0.479 e. The molecule has 1 saturated heterocycles. The molecule has 140 valence electrons. The van der Waals surface area contributed by atoms with E-state index < -0.39 is 11.8 Å². The Morgan fingerprint density at radius 3 is 2.57 bits per heavy atom. The highest BCUT2D eigenvalue weighted by atomic mass is 35.5. The number of rotatable bonds is 5. The lowest BCUT2D eigenvalue weighted by Gasteiger charge is -2.15. The third kappa shape index (κ3) is 4.70. The Morgan fingerprint density at radius 1 is 1.25 bits per heavy atom. The summed E-state index contributed by atoms with van der Waals surface area (Å²) in [5, 5.41) is 10.1. The van der Waals surface area contributed by atoms with Crippen LogP contribution in [-0.2, 0) is 4.79 Å². The number of carbonyl (C=O) groups is 2. The molecule has 0 unspecified atom stereocenters. The van der Waals surface area contributed by atoms with Crippen molar-refractivity contribution in [3.8, 4) is 11.8 Å². The van der Waals surface area contributed by atoms with E-state index in [0.29, 0.717) is 21.2 Å². The van der Waals surface area contributed by atoms with E-state index in [1.54, 1.807) is 54.6 Å². The van der Waals surface area contributed by atoms with Crippen LogP contribution < -0.4 is 10.2 Å². The normalized spacial score (nSPS) is 14.9. The molecule has 0 saturated carbocycles. The van der Waals surface area contributed by atoms with E-state index in [0.717, 1.165) is 22.3 Å². The molecule has 0 aliphatic carbocycles. The SMILES string of the molecule is N#CCOc1ccc(/C=C2\SC(=S)N(NC(=O)c3ccc(Cl)cc3)C2=O)cc1. The van der Waals surface area contributed by atoms with Crippen LogP contribution >= 0.6 is 35.6 Å². The maximum absolute atomic E-state index is 12.6. The molecule has 1 fully saturated rings. The van der Waals surface area contributed by atoms with Crippen LogP contribution in [0.5, 0.6) is 5.75 Å². The summed E-state index contributed by atoms with van der Waals surface area (Å²) < 4.78 is 5.42. The van der Waals surface area contributed by atoms with Crippen LogP contribution in [0.1, 0.15) is 15.9 Å². The molecule has 3 rings (SSSR count). The number of nitrogens with one attached hydrogen (secondary N) is 1. The number of hydrogen-bond acceptors (Lipinski definition) is 6. The van der Waals surface area contributed by atoms with Gasteiger partial charge in [0.15, 0.2) is 10.9 Å². The number of hydrazine groups is 1. The zero-order chi connectivity index (χ0) is 20.1. The number of hydrogen-bond donors (Lipinski definition) is 1. The molecule has 0 spiro atoms. The molecule has 0 atom stereocenters. The Hall–Kier alpha value is -2.86. The second-order valence-corrected chi connectivity index (χ2v) is 7.59. The first-order chi connectivity index (χ1) is 13.5. The number of nitrogens with zero attached hydrogens (tertiary/aromatic N) is 2. The molecule has 2 aromatic carbocycles. The van der Waals surface area contributed by atoms with Gasteiger partial charge in [-0.2, -0.15) is 10.3 Å². The third-order valence-corrected chi connectivity index (χ3v) is 5.15. The second-order valence-electron chi connectivity index (χ2n) is 5.48. The summed E-state index contributed by atoms with van der Waals surface area (Å²) >= 11 is 12.1. The first-order valence-electron chi connectivity index (χ1n) is 7.92. The molecule has 6 nitrogen and oxygen atoms in total. The molecule has 2 aromatic rings. The summed E-state index contributed by atoms with van der Waals surface area (Å²) in [6.45, 7) is -0.0364. The largest absolute Gasteiger partial charge is 0.479 e. The smallest absolute Gasteiger partial charge is 0.285 e. The second kappa shape index (κ2) is 8.89.